The van der Waals surface area contributed by atoms with Gasteiger partial charge in [-0.3, -0.25) is 19.2 Å². The van der Waals surface area contributed by atoms with Gasteiger partial charge in [0.15, 0.2) is 0 Å². The summed E-state index contributed by atoms with van der Waals surface area (Å²) in [6.07, 6.45) is -0.848. The van der Waals surface area contributed by atoms with Gasteiger partial charge >= 0.3 is 24.1 Å². The molecule has 28 heteroatoms. The number of fused-ring (bicyclic) bond motifs is 8. The van der Waals surface area contributed by atoms with Gasteiger partial charge in [-0.1, -0.05) is 177 Å². The number of rotatable bonds is 32. The number of phenols is 8. The van der Waals surface area contributed by atoms with Crippen LogP contribution < -0.4 is 44.2 Å². The average molecular weight is 1650 g/mol. The van der Waals surface area contributed by atoms with Gasteiger partial charge in [0.25, 0.3) is 0 Å². The number of hydrogen-bond donors (Lipinski definition) is 16. The van der Waals surface area contributed by atoms with E-state index in [0.29, 0.717) is 22.3 Å². The highest BCUT2D eigenvalue weighted by atomic mass is 16.3. The molecule has 20 N–H and O–H groups in total. The molecule has 1 aliphatic rings. The van der Waals surface area contributed by atoms with Crippen LogP contribution in [0.25, 0.3) is 0 Å². The number of amides is 12. The van der Waals surface area contributed by atoms with Gasteiger partial charge in [0.2, 0.25) is 23.6 Å². The topological polar surface area (TPSA) is 464 Å². The van der Waals surface area contributed by atoms with Crippen molar-refractivity contribution in [1.29, 1.82) is 0 Å². The van der Waals surface area contributed by atoms with E-state index in [4.69, 9.17) is 22.9 Å². The highest BCUT2D eigenvalue weighted by Gasteiger charge is 2.43. The number of carbonyl (C=O) groups is 8. The molecular formula is C92H116N12O16. The van der Waals surface area contributed by atoms with E-state index in [1.807, 2.05) is 55.4 Å². The number of aromatic hydroxyl groups is 8. The molecule has 8 aromatic rings. The Hall–Kier alpha value is -12.9. The number of nitrogens with zero attached hydrogens (tertiary/aromatic N) is 4. The van der Waals surface area contributed by atoms with Crippen LogP contribution in [0.5, 0.6) is 46.0 Å². The normalized spacial score (nSPS) is 15.4. The summed E-state index contributed by atoms with van der Waals surface area (Å²) in [5.41, 5.74) is 25.6. The maximum atomic E-state index is 14.5. The molecule has 0 radical (unpaired) electrons. The number of nitrogens with one attached hydrogen (secondary N) is 4. The maximum absolute atomic E-state index is 14.5. The van der Waals surface area contributed by atoms with Crippen molar-refractivity contribution in [3.63, 3.8) is 0 Å². The molecule has 8 aromatic carbocycles. The van der Waals surface area contributed by atoms with Crippen LogP contribution >= 0.6 is 0 Å². The molecule has 0 aliphatic heterocycles. The average Bonchev–Trinajstić information content (AvgIpc) is 0.732. The quantitative estimate of drug-likeness (QED) is 0.0186. The number of carbonyl (C=O) groups excluding carboxylic acids is 8. The molecule has 0 unspecified atom stereocenters. The van der Waals surface area contributed by atoms with Gasteiger partial charge in [-0.05, 0) is 95.9 Å². The van der Waals surface area contributed by atoms with Crippen LogP contribution in [0.15, 0.2) is 146 Å². The van der Waals surface area contributed by atoms with Crippen LogP contribution in [0.2, 0.25) is 0 Å². The standard InChI is InChI=1S/C92H116N12O16/c1-49(2)33-57-61-41-63(79(107)69(77(61)105)45-101(89(93)117)73(85(113)97-9)37-53-25-17-13-18-26-53)58(34-50(3)4)65-43-67(83(111)71(81(65)109)47-103(91(95)119)75(87(115)99-11)39-55-29-21-15-22-30-55)60(36-52(7)8)68-44-66(82(110)72(84(68)112)48-104(92(96)120)76(88(116)100-12)40-56-31-23-16-24-32-56)59(35-51(5)6)64-42-62(57)78(106)70(80(64)108)46-102(90(94)118)74(86(114)98-10)38-54-27-19-14-20-28-54/h13-32,41-44,49-52,57-60,73-76,105-112H,33-40,45-48H2,1-12H3,(H2,93,117)(H2,94,118)(H2,95,119)(H2,96,120)(H,97,113)(H,98,114)(H,99,115)(H,100,116)/t57?,58?,59?,60?,73-,74-,75-,76-/m0/s1. The fourth-order valence-electron chi connectivity index (χ4n) is 16.8. The minimum Gasteiger partial charge on any atom is -0.507 e. The van der Waals surface area contributed by atoms with Crippen LogP contribution in [0.4, 0.5) is 19.2 Å². The van der Waals surface area contributed by atoms with Crippen molar-refractivity contribution < 1.29 is 79.2 Å². The first-order valence-corrected chi connectivity index (χ1v) is 40.5. The minimum atomic E-state index is -1.45. The second-order valence-corrected chi connectivity index (χ2v) is 32.8. The van der Waals surface area contributed by atoms with Gasteiger partial charge < -0.3 is 105 Å². The van der Waals surface area contributed by atoms with Gasteiger partial charge in [-0.15, -0.1) is 0 Å². The van der Waals surface area contributed by atoms with E-state index in [2.05, 4.69) is 21.3 Å². The van der Waals surface area contributed by atoms with Gasteiger partial charge in [0, 0.05) is 122 Å². The Bertz CT molecular complexity index is 4280. The van der Waals surface area contributed by atoms with Crippen LogP contribution in [0.1, 0.15) is 194 Å². The third-order valence-electron chi connectivity index (χ3n) is 22.8. The maximum Gasteiger partial charge on any atom is 0.315 e. The van der Waals surface area contributed by atoms with Gasteiger partial charge in [0.05, 0.1) is 48.4 Å². The molecule has 1 aliphatic carbocycles. The lowest BCUT2D eigenvalue weighted by Gasteiger charge is -2.35. The molecular weight excluding hydrogens is 1530 g/mol. The molecule has 0 aromatic heterocycles. The third-order valence-corrected chi connectivity index (χ3v) is 22.8. The molecule has 0 heterocycles. The van der Waals surface area contributed by atoms with Crippen molar-refractivity contribution in [2.24, 2.45) is 46.6 Å². The van der Waals surface area contributed by atoms with E-state index >= 15 is 0 Å². The van der Waals surface area contributed by atoms with Gasteiger partial charge in [-0.2, -0.15) is 0 Å². The van der Waals surface area contributed by atoms with E-state index in [-0.39, 0.29) is 95.9 Å². The first-order chi connectivity index (χ1) is 57.0. The molecule has 120 heavy (non-hydrogen) atoms. The summed E-state index contributed by atoms with van der Waals surface area (Å²) in [6.45, 7) is 11.4. The summed E-state index contributed by atoms with van der Waals surface area (Å²) < 4.78 is 0. The number of urea groups is 4. The lowest BCUT2D eigenvalue weighted by atomic mass is 9.73. The zero-order chi connectivity index (χ0) is 88.0. The molecule has 28 nitrogen and oxygen atoms in total. The van der Waals surface area contributed by atoms with Crippen LogP contribution in [0.3, 0.4) is 0 Å². The highest BCUT2D eigenvalue weighted by molar-refractivity contribution is 5.90. The predicted molar refractivity (Wildman–Crippen MR) is 457 cm³/mol. The van der Waals surface area contributed by atoms with Crippen molar-refractivity contribution >= 4 is 47.8 Å². The monoisotopic (exact) mass is 1640 g/mol. The molecule has 4 atom stereocenters. The highest BCUT2D eigenvalue weighted by Crippen LogP contribution is 2.57. The first-order valence-electron chi connectivity index (χ1n) is 40.5. The fraction of sp³-hybridized carbons (Fsp3) is 0.391. The summed E-state index contributed by atoms with van der Waals surface area (Å²) in [5, 5.41) is 121. The molecule has 12 amide bonds. The molecule has 640 valence electrons. The van der Waals surface area contributed by atoms with E-state index in [1.54, 1.807) is 121 Å². The Morgan fingerprint density at radius 1 is 0.283 bits per heavy atom. The van der Waals surface area contributed by atoms with E-state index in [9.17, 15) is 79.2 Å². The predicted octanol–water partition coefficient (Wildman–Crippen LogP) is 11.3. The smallest absolute Gasteiger partial charge is 0.315 e. The first kappa shape index (κ1) is 91.0. The van der Waals surface area contributed by atoms with Crippen LogP contribution in [0, 0.1) is 23.7 Å². The van der Waals surface area contributed by atoms with Crippen LogP contribution in [-0.2, 0) is 71.0 Å². The van der Waals surface area contributed by atoms with E-state index in [1.165, 1.54) is 52.5 Å². The number of phenolic OH excluding ortho intramolecular Hbond substituents is 8. The fourth-order valence-corrected chi connectivity index (χ4v) is 16.8. The molecule has 0 saturated carbocycles. The minimum absolute atomic E-state index is 0.0633. The molecule has 8 bridgehead atoms. The van der Waals surface area contributed by atoms with Gasteiger partial charge in [-0.25, -0.2) is 19.2 Å². The Morgan fingerprint density at radius 2 is 0.433 bits per heavy atom. The summed E-state index contributed by atoms with van der Waals surface area (Å²) in [4.78, 5) is 120. The third kappa shape index (κ3) is 20.6. The van der Waals surface area contributed by atoms with Crippen LogP contribution in [-0.4, -0.2) is 161 Å². The summed E-state index contributed by atoms with van der Waals surface area (Å²) in [6, 6.07) is 30.1. The summed E-state index contributed by atoms with van der Waals surface area (Å²) in [5.74, 6) is -15.8. The van der Waals surface area contributed by atoms with Crippen molar-refractivity contribution in [1.82, 2.24) is 40.9 Å². The van der Waals surface area contributed by atoms with Gasteiger partial charge in [0.1, 0.15) is 70.2 Å². The summed E-state index contributed by atoms with van der Waals surface area (Å²) in [7, 11) is 5.44. The van der Waals surface area contributed by atoms with Crippen molar-refractivity contribution in [2.75, 3.05) is 28.2 Å². The Labute approximate surface area is 700 Å². The Kier molecular flexibility index (Phi) is 30.4. The Balaban J connectivity index is 1.56. The molecule has 9 rings (SSSR count). The number of primary amides is 4. The number of nitrogens with two attached hydrogens (primary N) is 4. The number of benzene rings is 8. The lowest BCUT2D eigenvalue weighted by molar-refractivity contribution is -0.125. The molecule has 0 saturated heterocycles. The second-order valence-electron chi connectivity index (χ2n) is 32.8. The number of likely N-dealkylation sites (N-methyl/N-ethyl adjacent to an activating group) is 4. The number of hydrogen-bond acceptors (Lipinski definition) is 16. The summed E-state index contributed by atoms with van der Waals surface area (Å²) >= 11 is 0. The zero-order valence-electron chi connectivity index (χ0n) is 70.2. The van der Waals surface area contributed by atoms with E-state index < -0.39 is 214 Å². The largest absolute Gasteiger partial charge is 0.507 e. The SMILES string of the molecule is CNC(=O)[C@H](Cc1ccccc1)N(Cc1c(O)c2cc(c1O)C(CC(C)C)c1cc(c(O)c(CN(C(N)=O)[C@@H](Cc3ccccc3)C(=O)NC)c1O)C(CC(C)C)c1cc(c(O)c(CN(C(N)=O)[C@@H](Cc3ccccc3)C(=O)NC)c1O)C(CC(C)C)c1cc(c(O)c(CN(C(N)=O)[C@@H](Cc3ccccc3)C(=O)NC)c1O)C2CC(C)C)C(N)=O. The van der Waals surface area contributed by atoms with Crippen molar-refractivity contribution in [2.45, 2.75) is 181 Å². The molecule has 0 spiro atoms. The second kappa shape index (κ2) is 40.0. The Morgan fingerprint density at radius 3 is 0.558 bits per heavy atom. The van der Waals surface area contributed by atoms with E-state index in [0.717, 1.165) is 19.6 Å². The molecule has 0 fully saturated rings. The van der Waals surface area contributed by atoms with Crippen molar-refractivity contribution in [3.05, 3.63) is 235 Å². The lowest BCUT2D eigenvalue weighted by Crippen LogP contribution is -2.51. The zero-order valence-corrected chi connectivity index (χ0v) is 70.2. The van der Waals surface area contributed by atoms with Crippen molar-refractivity contribution in [3.8, 4) is 46.0 Å².